The molecule has 2 amide bonds. The number of imidazole rings is 1. The van der Waals surface area contributed by atoms with E-state index in [1.807, 2.05) is 0 Å². The molecule has 1 saturated carbocycles. The van der Waals surface area contributed by atoms with Crippen molar-refractivity contribution in [3.63, 3.8) is 0 Å². The summed E-state index contributed by atoms with van der Waals surface area (Å²) in [7, 11) is 2.74. The Balaban J connectivity index is 1.49. The zero-order chi connectivity index (χ0) is 24.6. The Kier molecular flexibility index (Phi) is 6.54. The van der Waals surface area contributed by atoms with Crippen molar-refractivity contribution in [3.8, 4) is 17.0 Å². The molecule has 0 atom stereocenters. The van der Waals surface area contributed by atoms with E-state index in [9.17, 15) is 18.4 Å². The summed E-state index contributed by atoms with van der Waals surface area (Å²) in [5, 5.41) is 5.67. The Bertz CT molecular complexity index is 1270. The summed E-state index contributed by atoms with van der Waals surface area (Å²) in [5.74, 6) is -3.43. The van der Waals surface area contributed by atoms with Gasteiger partial charge in [0.05, 0.1) is 29.6 Å². The van der Waals surface area contributed by atoms with Crippen LogP contribution in [0.1, 0.15) is 33.8 Å². The van der Waals surface area contributed by atoms with Gasteiger partial charge in [0.1, 0.15) is 0 Å². The van der Waals surface area contributed by atoms with Gasteiger partial charge in [-0.2, -0.15) is 4.39 Å². The lowest BCUT2D eigenvalue weighted by molar-refractivity contribution is 0.0910. The lowest BCUT2D eigenvalue weighted by Gasteiger charge is -2.33. The average Bonchev–Trinajstić information content (AvgIpc) is 3.15. The molecule has 0 unspecified atom stereocenters. The number of nitrogens with one attached hydrogen (secondary N) is 2. The summed E-state index contributed by atoms with van der Waals surface area (Å²) in [6.07, 6.45) is 2.71. The quantitative estimate of drug-likeness (QED) is 0.491. The van der Waals surface area contributed by atoms with Crippen LogP contribution in [-0.4, -0.2) is 40.6 Å². The molecule has 34 heavy (non-hydrogen) atoms. The molecule has 1 aliphatic rings. The summed E-state index contributed by atoms with van der Waals surface area (Å²) in [5.41, 5.74) is 6.47. The Morgan fingerprint density at radius 2 is 1.91 bits per heavy atom. The van der Waals surface area contributed by atoms with Crippen molar-refractivity contribution >= 4 is 29.1 Å². The minimum Gasteiger partial charge on any atom is -0.494 e. The van der Waals surface area contributed by atoms with E-state index in [2.05, 4.69) is 15.6 Å². The first-order valence-electron chi connectivity index (χ1n) is 10.4. The van der Waals surface area contributed by atoms with E-state index in [1.54, 1.807) is 0 Å². The van der Waals surface area contributed by atoms with Gasteiger partial charge in [-0.1, -0.05) is 11.6 Å². The SMILES string of the molecule is COc1ccc(-c2cnc(C(=O)Nc3ccc(C(=O)NC4CC(N)C4)c(Cl)c3)n2C)c(F)c1F. The number of benzene rings is 2. The maximum Gasteiger partial charge on any atom is 0.291 e. The van der Waals surface area contributed by atoms with Crippen LogP contribution in [0.4, 0.5) is 14.5 Å². The molecule has 1 aromatic heterocycles. The molecule has 0 saturated heterocycles. The number of nitrogens with two attached hydrogens (primary N) is 1. The molecule has 8 nitrogen and oxygen atoms in total. The second kappa shape index (κ2) is 9.40. The van der Waals surface area contributed by atoms with Gasteiger partial charge in [0, 0.05) is 30.4 Å². The van der Waals surface area contributed by atoms with Crippen LogP contribution in [0.15, 0.2) is 36.5 Å². The van der Waals surface area contributed by atoms with Crippen LogP contribution < -0.4 is 21.1 Å². The number of rotatable bonds is 6. The molecule has 1 aliphatic carbocycles. The van der Waals surface area contributed by atoms with E-state index in [-0.39, 0.29) is 51.4 Å². The number of carbonyl (C=O) groups excluding carboxylic acids is 2. The third kappa shape index (κ3) is 4.46. The average molecular weight is 490 g/mol. The molecule has 1 heterocycles. The van der Waals surface area contributed by atoms with Gasteiger partial charge in [-0.15, -0.1) is 0 Å². The van der Waals surface area contributed by atoms with Gasteiger partial charge >= 0.3 is 0 Å². The minimum absolute atomic E-state index is 0.0274. The van der Waals surface area contributed by atoms with Gasteiger partial charge < -0.3 is 25.7 Å². The fourth-order valence-corrected chi connectivity index (χ4v) is 4.03. The normalized spacial score (nSPS) is 17.1. The Morgan fingerprint density at radius 1 is 1.18 bits per heavy atom. The largest absolute Gasteiger partial charge is 0.494 e. The lowest BCUT2D eigenvalue weighted by atomic mass is 9.87. The van der Waals surface area contributed by atoms with Crippen LogP contribution in [0.3, 0.4) is 0 Å². The van der Waals surface area contributed by atoms with Gasteiger partial charge in [-0.25, -0.2) is 9.37 Å². The van der Waals surface area contributed by atoms with Crippen molar-refractivity contribution in [1.82, 2.24) is 14.9 Å². The number of halogens is 3. The molecular formula is C23H22ClF2N5O3. The number of ether oxygens (including phenoxy) is 1. The number of hydrogen-bond acceptors (Lipinski definition) is 5. The molecule has 11 heteroatoms. The van der Waals surface area contributed by atoms with E-state index in [0.29, 0.717) is 5.69 Å². The van der Waals surface area contributed by atoms with E-state index < -0.39 is 17.5 Å². The molecule has 178 valence electrons. The zero-order valence-corrected chi connectivity index (χ0v) is 19.1. The molecule has 0 aliphatic heterocycles. The second-order valence-electron chi connectivity index (χ2n) is 8.02. The molecule has 0 spiro atoms. The van der Waals surface area contributed by atoms with Gasteiger partial charge in [0.2, 0.25) is 5.82 Å². The van der Waals surface area contributed by atoms with E-state index in [4.69, 9.17) is 22.1 Å². The first-order valence-corrected chi connectivity index (χ1v) is 10.8. The molecule has 0 bridgehead atoms. The van der Waals surface area contributed by atoms with Crippen LogP contribution in [-0.2, 0) is 7.05 Å². The number of aromatic nitrogens is 2. The molecule has 1 fully saturated rings. The van der Waals surface area contributed by atoms with Crippen molar-refractivity contribution in [3.05, 3.63) is 64.6 Å². The summed E-state index contributed by atoms with van der Waals surface area (Å²) >= 11 is 6.25. The van der Waals surface area contributed by atoms with Gasteiger partial charge in [0.15, 0.2) is 17.4 Å². The highest BCUT2D eigenvalue weighted by Gasteiger charge is 2.28. The first kappa shape index (κ1) is 23.7. The van der Waals surface area contributed by atoms with Crippen molar-refractivity contribution in [2.24, 2.45) is 12.8 Å². The highest BCUT2D eigenvalue weighted by molar-refractivity contribution is 6.34. The number of methoxy groups -OCH3 is 1. The Morgan fingerprint density at radius 3 is 2.56 bits per heavy atom. The summed E-state index contributed by atoms with van der Waals surface area (Å²) in [4.78, 5) is 29.2. The number of hydrogen-bond donors (Lipinski definition) is 3. The van der Waals surface area contributed by atoms with Gasteiger partial charge in [0.25, 0.3) is 11.8 Å². The third-order valence-corrected chi connectivity index (χ3v) is 6.03. The fraction of sp³-hybridized carbons (Fsp3) is 0.261. The topological polar surface area (TPSA) is 111 Å². The van der Waals surface area contributed by atoms with Crippen molar-refractivity contribution < 1.29 is 23.1 Å². The van der Waals surface area contributed by atoms with Crippen molar-refractivity contribution in [2.45, 2.75) is 24.9 Å². The third-order valence-electron chi connectivity index (χ3n) is 5.72. The van der Waals surface area contributed by atoms with Crippen LogP contribution in [0, 0.1) is 11.6 Å². The second-order valence-corrected chi connectivity index (χ2v) is 8.43. The van der Waals surface area contributed by atoms with Crippen LogP contribution >= 0.6 is 11.6 Å². The van der Waals surface area contributed by atoms with E-state index >= 15 is 0 Å². The predicted molar refractivity (Wildman–Crippen MR) is 123 cm³/mol. The molecule has 3 aromatic rings. The molecule has 4 N–H and O–H groups in total. The van der Waals surface area contributed by atoms with Crippen molar-refractivity contribution in [1.29, 1.82) is 0 Å². The monoisotopic (exact) mass is 489 g/mol. The lowest BCUT2D eigenvalue weighted by Crippen LogP contribution is -2.50. The van der Waals surface area contributed by atoms with E-state index in [1.165, 1.54) is 55.3 Å². The number of anilines is 1. The molecule has 0 radical (unpaired) electrons. The fourth-order valence-electron chi connectivity index (χ4n) is 3.76. The summed E-state index contributed by atoms with van der Waals surface area (Å²) in [6, 6.07) is 7.25. The molecule has 2 aromatic carbocycles. The highest BCUT2D eigenvalue weighted by atomic mass is 35.5. The first-order chi connectivity index (χ1) is 16.2. The van der Waals surface area contributed by atoms with Crippen LogP contribution in [0.5, 0.6) is 5.75 Å². The Hall–Kier alpha value is -3.50. The van der Waals surface area contributed by atoms with E-state index in [0.717, 1.165) is 12.8 Å². The highest BCUT2D eigenvalue weighted by Crippen LogP contribution is 2.30. The number of amides is 2. The minimum atomic E-state index is -1.13. The number of nitrogens with zero attached hydrogens (tertiary/aromatic N) is 2. The standard InChI is InChI=1S/C23H22ClF2N5O3/c1-31-17(15-5-6-18(34-2)20(26)19(15)25)10-28-21(31)23(33)29-12-3-4-14(16(24)9-12)22(32)30-13-7-11(27)8-13/h3-6,9-11,13H,7-8,27H2,1-2H3,(H,29,33)(H,30,32). The van der Waals surface area contributed by atoms with Gasteiger partial charge in [-0.3, -0.25) is 9.59 Å². The van der Waals surface area contributed by atoms with Crippen molar-refractivity contribution in [2.75, 3.05) is 12.4 Å². The molecule has 4 rings (SSSR count). The molecular weight excluding hydrogens is 468 g/mol. The predicted octanol–water partition coefficient (Wildman–Crippen LogP) is 3.50. The van der Waals surface area contributed by atoms with Crippen LogP contribution in [0.25, 0.3) is 11.3 Å². The maximum atomic E-state index is 14.5. The summed E-state index contributed by atoms with van der Waals surface area (Å²) in [6.45, 7) is 0. The zero-order valence-electron chi connectivity index (χ0n) is 18.4. The Labute approximate surface area is 199 Å². The van der Waals surface area contributed by atoms with Gasteiger partial charge in [-0.05, 0) is 43.2 Å². The van der Waals surface area contributed by atoms with Crippen LogP contribution in [0.2, 0.25) is 5.02 Å². The number of carbonyl (C=O) groups is 2. The smallest absolute Gasteiger partial charge is 0.291 e. The maximum absolute atomic E-state index is 14.5. The summed E-state index contributed by atoms with van der Waals surface area (Å²) < 4.78 is 34.7.